The molecule has 0 saturated heterocycles. The number of hydrogen-bond acceptors (Lipinski definition) is 4. The van der Waals surface area contributed by atoms with Crippen LogP contribution in [0.2, 0.25) is 0 Å². The number of nitrogens with one attached hydrogen (secondary N) is 1. The van der Waals surface area contributed by atoms with Gasteiger partial charge in [0.2, 0.25) is 6.10 Å². The van der Waals surface area contributed by atoms with E-state index in [1.807, 2.05) is 0 Å². The second-order valence-corrected chi connectivity index (χ2v) is 3.18. The fraction of sp³-hybridized carbons (Fsp3) is 0.273. The maximum atomic E-state index is 11.5. The number of carbonyl (C=O) groups is 2. The highest BCUT2D eigenvalue weighted by atomic mass is 16.5. The molecule has 0 heterocycles. The molecular weight excluding hydrogens is 226 g/mol. The van der Waals surface area contributed by atoms with Crippen LogP contribution in [-0.2, 0) is 14.3 Å². The molecule has 0 aliphatic heterocycles. The minimum Gasteiger partial charge on any atom is -0.497 e. The van der Waals surface area contributed by atoms with Crippen LogP contribution in [0, 0.1) is 0 Å². The highest BCUT2D eigenvalue weighted by Crippen LogP contribution is 2.16. The summed E-state index contributed by atoms with van der Waals surface area (Å²) in [5, 5.41) is 11.1. The van der Waals surface area contributed by atoms with Crippen molar-refractivity contribution >= 4 is 17.6 Å². The molecule has 2 N–H and O–H groups in total. The molecule has 6 nitrogen and oxygen atoms in total. The van der Waals surface area contributed by atoms with Crippen LogP contribution in [0.5, 0.6) is 5.75 Å². The van der Waals surface area contributed by atoms with Gasteiger partial charge in [0, 0.05) is 18.9 Å². The summed E-state index contributed by atoms with van der Waals surface area (Å²) in [5.41, 5.74) is 0.442. The quantitative estimate of drug-likeness (QED) is 0.740. The zero-order valence-corrected chi connectivity index (χ0v) is 9.47. The van der Waals surface area contributed by atoms with Crippen LogP contribution in [0.1, 0.15) is 0 Å². The molecule has 6 heteroatoms. The van der Waals surface area contributed by atoms with E-state index in [9.17, 15) is 9.59 Å². The van der Waals surface area contributed by atoms with Crippen molar-refractivity contribution in [3.63, 3.8) is 0 Å². The van der Waals surface area contributed by atoms with Gasteiger partial charge in [-0.15, -0.1) is 0 Å². The topological polar surface area (TPSA) is 84.9 Å². The molecule has 1 aromatic carbocycles. The van der Waals surface area contributed by atoms with E-state index < -0.39 is 18.0 Å². The van der Waals surface area contributed by atoms with Gasteiger partial charge in [0.25, 0.3) is 5.91 Å². The maximum absolute atomic E-state index is 11.5. The molecule has 17 heavy (non-hydrogen) atoms. The lowest BCUT2D eigenvalue weighted by atomic mass is 10.2. The Hall–Kier alpha value is -2.08. The summed E-state index contributed by atoms with van der Waals surface area (Å²) < 4.78 is 9.53. The highest BCUT2D eigenvalue weighted by molar-refractivity contribution is 6.06. The van der Waals surface area contributed by atoms with E-state index in [0.717, 1.165) is 7.11 Å². The first-order valence-electron chi connectivity index (χ1n) is 4.79. The van der Waals surface area contributed by atoms with Gasteiger partial charge in [-0.2, -0.15) is 0 Å². The average molecular weight is 239 g/mol. The molecule has 0 spiro atoms. The Morgan fingerprint density at radius 3 is 2.59 bits per heavy atom. The van der Waals surface area contributed by atoms with Crippen molar-refractivity contribution in [1.82, 2.24) is 0 Å². The predicted molar refractivity (Wildman–Crippen MR) is 60.1 cm³/mol. The van der Waals surface area contributed by atoms with E-state index in [1.54, 1.807) is 24.3 Å². The number of amides is 1. The van der Waals surface area contributed by atoms with E-state index in [2.05, 4.69) is 10.1 Å². The molecule has 1 amide bonds. The molecule has 92 valence electrons. The van der Waals surface area contributed by atoms with Crippen molar-refractivity contribution in [2.75, 3.05) is 19.5 Å². The third kappa shape index (κ3) is 3.46. The Bertz CT molecular complexity index is 418. The normalized spacial score (nSPS) is 11.6. The molecule has 0 radical (unpaired) electrons. The summed E-state index contributed by atoms with van der Waals surface area (Å²) in [6.45, 7) is 0. The molecule has 0 aromatic heterocycles. The molecule has 0 aliphatic rings. The van der Waals surface area contributed by atoms with Crippen molar-refractivity contribution < 1.29 is 24.2 Å². The van der Waals surface area contributed by atoms with Gasteiger partial charge in [0.1, 0.15) is 5.75 Å². The Kier molecular flexibility index (Phi) is 4.47. The molecule has 0 aliphatic carbocycles. The zero-order chi connectivity index (χ0) is 12.8. The van der Waals surface area contributed by atoms with Crippen LogP contribution >= 0.6 is 0 Å². The number of rotatable bonds is 5. The molecule has 0 saturated carbocycles. The van der Waals surface area contributed by atoms with Crippen molar-refractivity contribution in [2.45, 2.75) is 6.10 Å². The zero-order valence-electron chi connectivity index (χ0n) is 9.47. The van der Waals surface area contributed by atoms with E-state index in [4.69, 9.17) is 9.84 Å². The van der Waals surface area contributed by atoms with E-state index in [1.165, 1.54) is 7.11 Å². The van der Waals surface area contributed by atoms with Crippen LogP contribution in [0.3, 0.4) is 0 Å². The first-order chi connectivity index (χ1) is 8.08. The van der Waals surface area contributed by atoms with E-state index in [-0.39, 0.29) is 0 Å². The van der Waals surface area contributed by atoms with Crippen molar-refractivity contribution in [3.05, 3.63) is 24.3 Å². The van der Waals surface area contributed by atoms with Crippen LogP contribution in [0.25, 0.3) is 0 Å². The monoisotopic (exact) mass is 239 g/mol. The van der Waals surface area contributed by atoms with Gasteiger partial charge in [0.05, 0.1) is 7.11 Å². The average Bonchev–Trinajstić information content (AvgIpc) is 2.29. The van der Waals surface area contributed by atoms with Crippen LogP contribution in [0.4, 0.5) is 5.69 Å². The largest absolute Gasteiger partial charge is 0.497 e. The van der Waals surface area contributed by atoms with Crippen LogP contribution < -0.4 is 10.1 Å². The van der Waals surface area contributed by atoms with Crippen molar-refractivity contribution in [2.24, 2.45) is 0 Å². The second kappa shape index (κ2) is 5.86. The minimum absolute atomic E-state index is 0.442. The van der Waals surface area contributed by atoms with Gasteiger partial charge in [-0.3, -0.25) is 4.79 Å². The van der Waals surface area contributed by atoms with Gasteiger partial charge in [0.15, 0.2) is 0 Å². The molecule has 1 atom stereocenters. The van der Waals surface area contributed by atoms with Gasteiger partial charge in [-0.1, -0.05) is 6.07 Å². The summed E-state index contributed by atoms with van der Waals surface area (Å²) in [5.74, 6) is -1.52. The van der Waals surface area contributed by atoms with Crippen LogP contribution in [0.15, 0.2) is 24.3 Å². The third-order valence-electron chi connectivity index (χ3n) is 2.04. The maximum Gasteiger partial charge on any atom is 0.342 e. The van der Waals surface area contributed by atoms with E-state index >= 15 is 0 Å². The molecule has 1 aromatic rings. The van der Waals surface area contributed by atoms with E-state index in [0.29, 0.717) is 11.4 Å². The number of carbonyl (C=O) groups excluding carboxylic acids is 1. The number of ether oxygens (including phenoxy) is 2. The minimum atomic E-state index is -1.53. The summed E-state index contributed by atoms with van der Waals surface area (Å²) in [4.78, 5) is 22.2. The molecule has 0 fully saturated rings. The summed E-state index contributed by atoms with van der Waals surface area (Å²) in [6.07, 6.45) is -1.53. The molecule has 1 rings (SSSR count). The van der Waals surface area contributed by atoms with Gasteiger partial charge in [-0.25, -0.2) is 4.79 Å². The van der Waals surface area contributed by atoms with Gasteiger partial charge >= 0.3 is 5.97 Å². The molecule has 1 unspecified atom stereocenters. The number of anilines is 1. The first-order valence-corrected chi connectivity index (χ1v) is 4.79. The smallest absolute Gasteiger partial charge is 0.342 e. The third-order valence-corrected chi connectivity index (χ3v) is 2.04. The number of carboxylic acids is 1. The Morgan fingerprint density at radius 1 is 1.35 bits per heavy atom. The highest BCUT2D eigenvalue weighted by Gasteiger charge is 2.25. The van der Waals surface area contributed by atoms with Crippen molar-refractivity contribution in [1.29, 1.82) is 0 Å². The van der Waals surface area contributed by atoms with Gasteiger partial charge in [-0.05, 0) is 12.1 Å². The fourth-order valence-corrected chi connectivity index (χ4v) is 1.23. The number of benzene rings is 1. The molecular formula is C11H13NO5. The fourth-order valence-electron chi connectivity index (χ4n) is 1.23. The summed E-state index contributed by atoms with van der Waals surface area (Å²) in [6, 6.07) is 6.58. The standard InChI is InChI=1S/C11H13NO5/c1-16-8-5-3-4-7(6-8)12-10(13)9(17-2)11(14)15/h3-6,9H,1-2H3,(H,12,13)(H,14,15). The Labute approximate surface area is 98.2 Å². The number of methoxy groups -OCH3 is 2. The lowest BCUT2D eigenvalue weighted by Gasteiger charge is -2.11. The summed E-state index contributed by atoms with van der Waals surface area (Å²) >= 11 is 0. The number of hydrogen-bond donors (Lipinski definition) is 2. The van der Waals surface area contributed by atoms with Crippen molar-refractivity contribution in [3.8, 4) is 5.75 Å². The predicted octanol–water partition coefficient (Wildman–Crippen LogP) is 0.733. The lowest BCUT2D eigenvalue weighted by molar-refractivity contribution is -0.153. The Morgan fingerprint density at radius 2 is 2.06 bits per heavy atom. The number of carboxylic acid groups (broad SMARTS) is 1. The SMILES string of the molecule is COc1cccc(NC(=O)C(OC)C(=O)O)c1. The Balaban J connectivity index is 2.76. The summed E-state index contributed by atoms with van der Waals surface area (Å²) in [7, 11) is 2.65. The first kappa shape index (κ1) is 13.0. The van der Waals surface area contributed by atoms with Crippen LogP contribution in [-0.4, -0.2) is 37.3 Å². The lowest BCUT2D eigenvalue weighted by Crippen LogP contribution is -2.36. The number of aliphatic carboxylic acids is 1. The van der Waals surface area contributed by atoms with Gasteiger partial charge < -0.3 is 19.9 Å². The molecule has 0 bridgehead atoms. The second-order valence-electron chi connectivity index (χ2n) is 3.18.